The van der Waals surface area contributed by atoms with Crippen LogP contribution < -0.4 is 5.32 Å². The molecule has 1 aliphatic rings. The summed E-state index contributed by atoms with van der Waals surface area (Å²) in [6.07, 6.45) is 7.76. The number of rotatable bonds is 3. The van der Waals surface area contributed by atoms with Crippen LogP contribution in [-0.2, 0) is 0 Å². The maximum absolute atomic E-state index is 3.68. The predicted octanol–water partition coefficient (Wildman–Crippen LogP) is 3.48. The molecule has 1 nitrogen and oxygen atoms in total. The molecule has 2 rings (SSSR count). The fraction of sp³-hybridized carbons (Fsp3) is 0.500. The van der Waals surface area contributed by atoms with Crippen molar-refractivity contribution in [3.8, 4) is 0 Å². The maximum atomic E-state index is 3.68. The minimum atomic E-state index is 0.463. The van der Waals surface area contributed by atoms with Crippen LogP contribution in [0.25, 0.3) is 0 Å². The van der Waals surface area contributed by atoms with Gasteiger partial charge in [-0.25, -0.2) is 0 Å². The van der Waals surface area contributed by atoms with Crippen molar-refractivity contribution >= 4 is 0 Å². The molecule has 1 fully saturated rings. The Labute approximate surface area is 92.9 Å². The van der Waals surface area contributed by atoms with E-state index in [1.165, 1.54) is 31.2 Å². The highest BCUT2D eigenvalue weighted by molar-refractivity contribution is 5.18. The van der Waals surface area contributed by atoms with Crippen LogP contribution in [0.15, 0.2) is 30.3 Å². The van der Waals surface area contributed by atoms with Crippen LogP contribution in [0.5, 0.6) is 0 Å². The van der Waals surface area contributed by atoms with E-state index in [2.05, 4.69) is 49.0 Å². The van der Waals surface area contributed by atoms with Gasteiger partial charge in [-0.2, -0.15) is 0 Å². The van der Waals surface area contributed by atoms with Crippen LogP contribution >= 0.6 is 0 Å². The lowest BCUT2D eigenvalue weighted by molar-refractivity contribution is 0.411. The first kappa shape index (κ1) is 10.7. The molecule has 0 aromatic heterocycles. The van der Waals surface area contributed by atoms with Crippen molar-refractivity contribution in [2.75, 3.05) is 0 Å². The van der Waals surface area contributed by atoms with E-state index in [-0.39, 0.29) is 0 Å². The number of benzene rings is 1. The lowest BCUT2D eigenvalue weighted by atomic mass is 9.94. The van der Waals surface area contributed by atoms with Gasteiger partial charge < -0.3 is 5.32 Å². The van der Waals surface area contributed by atoms with Gasteiger partial charge in [-0.05, 0) is 31.7 Å². The number of hydrogen-bond acceptors (Lipinski definition) is 1. The van der Waals surface area contributed by atoms with Crippen LogP contribution in [0.2, 0.25) is 0 Å². The second-order valence-electron chi connectivity index (χ2n) is 4.43. The van der Waals surface area contributed by atoms with Gasteiger partial charge in [0.05, 0.1) is 0 Å². The summed E-state index contributed by atoms with van der Waals surface area (Å²) in [5.41, 5.74) is 1.39. The van der Waals surface area contributed by atoms with Crippen molar-refractivity contribution in [1.82, 2.24) is 5.32 Å². The smallest absolute Gasteiger partial charge is 0.0294 e. The van der Waals surface area contributed by atoms with Crippen LogP contribution in [0.1, 0.15) is 44.2 Å². The topological polar surface area (TPSA) is 12.0 Å². The lowest BCUT2D eigenvalue weighted by Gasteiger charge is -2.26. The maximum Gasteiger partial charge on any atom is 0.0294 e. The SMILES string of the molecule is C[C@H](NC1[CH]CCCC1)c1ccccc1. The van der Waals surface area contributed by atoms with E-state index < -0.39 is 0 Å². The molecule has 15 heavy (non-hydrogen) atoms. The number of nitrogens with one attached hydrogen (secondary N) is 1. The molecule has 1 heteroatoms. The fourth-order valence-corrected chi connectivity index (χ4v) is 2.26. The summed E-state index contributed by atoms with van der Waals surface area (Å²) in [7, 11) is 0. The second-order valence-corrected chi connectivity index (χ2v) is 4.43. The number of hydrogen-bond donors (Lipinski definition) is 1. The summed E-state index contributed by atoms with van der Waals surface area (Å²) in [4.78, 5) is 0. The van der Waals surface area contributed by atoms with E-state index in [4.69, 9.17) is 0 Å². The summed E-state index contributed by atoms with van der Waals surface area (Å²) in [6, 6.07) is 11.8. The average molecular weight is 202 g/mol. The molecular weight excluding hydrogens is 182 g/mol. The molecule has 1 unspecified atom stereocenters. The van der Waals surface area contributed by atoms with E-state index in [1.807, 2.05) is 0 Å². The normalized spacial score (nSPS) is 20.1. The van der Waals surface area contributed by atoms with Crippen molar-refractivity contribution in [1.29, 1.82) is 0 Å². The zero-order valence-electron chi connectivity index (χ0n) is 9.45. The molecule has 1 saturated carbocycles. The first-order valence-corrected chi connectivity index (χ1v) is 6.00. The molecule has 1 aromatic rings. The molecule has 1 aromatic carbocycles. The summed E-state index contributed by atoms with van der Waals surface area (Å²) < 4.78 is 0. The molecule has 1 N–H and O–H groups in total. The van der Waals surface area contributed by atoms with Crippen molar-refractivity contribution in [2.24, 2.45) is 0 Å². The molecule has 1 radical (unpaired) electrons. The second kappa shape index (κ2) is 5.32. The average Bonchev–Trinajstić information content (AvgIpc) is 2.31. The Morgan fingerprint density at radius 3 is 2.67 bits per heavy atom. The monoisotopic (exact) mass is 202 g/mol. The first-order chi connectivity index (χ1) is 7.36. The Hall–Kier alpha value is -0.820. The van der Waals surface area contributed by atoms with E-state index >= 15 is 0 Å². The Balaban J connectivity index is 1.88. The molecule has 0 bridgehead atoms. The van der Waals surface area contributed by atoms with Crippen LogP contribution in [-0.4, -0.2) is 6.04 Å². The molecule has 0 aliphatic heterocycles. The molecule has 0 spiro atoms. The van der Waals surface area contributed by atoms with Gasteiger partial charge in [-0.3, -0.25) is 0 Å². The van der Waals surface area contributed by atoms with Crippen molar-refractivity contribution < 1.29 is 0 Å². The molecule has 81 valence electrons. The van der Waals surface area contributed by atoms with Gasteiger partial charge in [0.25, 0.3) is 0 Å². The van der Waals surface area contributed by atoms with Gasteiger partial charge in [0, 0.05) is 12.1 Å². The summed E-state index contributed by atoms with van der Waals surface area (Å²) in [5.74, 6) is 0. The van der Waals surface area contributed by atoms with Crippen LogP contribution in [0.3, 0.4) is 0 Å². The Kier molecular flexibility index (Phi) is 3.79. The van der Waals surface area contributed by atoms with E-state index in [0.29, 0.717) is 12.1 Å². The highest BCUT2D eigenvalue weighted by atomic mass is 14.9. The molecule has 0 saturated heterocycles. The van der Waals surface area contributed by atoms with Crippen molar-refractivity contribution in [2.45, 2.75) is 44.7 Å². The third-order valence-electron chi connectivity index (χ3n) is 3.18. The van der Waals surface area contributed by atoms with Crippen molar-refractivity contribution in [3.05, 3.63) is 42.3 Å². The van der Waals surface area contributed by atoms with Crippen LogP contribution in [0.4, 0.5) is 0 Å². The first-order valence-electron chi connectivity index (χ1n) is 6.00. The summed E-state index contributed by atoms with van der Waals surface area (Å²) >= 11 is 0. The highest BCUT2D eigenvalue weighted by Gasteiger charge is 2.15. The highest BCUT2D eigenvalue weighted by Crippen LogP contribution is 2.20. The molecule has 2 atom stereocenters. The molecular formula is C14H20N. The predicted molar refractivity (Wildman–Crippen MR) is 64.5 cm³/mol. The Morgan fingerprint density at radius 2 is 2.00 bits per heavy atom. The zero-order valence-corrected chi connectivity index (χ0v) is 9.45. The minimum Gasteiger partial charge on any atom is -0.307 e. The third-order valence-corrected chi connectivity index (χ3v) is 3.18. The van der Waals surface area contributed by atoms with E-state index in [1.54, 1.807) is 0 Å². The van der Waals surface area contributed by atoms with Gasteiger partial charge in [-0.15, -0.1) is 0 Å². The summed E-state index contributed by atoms with van der Waals surface area (Å²) in [5, 5.41) is 3.68. The van der Waals surface area contributed by atoms with Crippen molar-refractivity contribution in [3.63, 3.8) is 0 Å². The van der Waals surface area contributed by atoms with Gasteiger partial charge >= 0.3 is 0 Å². The lowest BCUT2D eigenvalue weighted by Crippen LogP contribution is -2.33. The van der Waals surface area contributed by atoms with E-state index in [0.717, 1.165) is 0 Å². The summed E-state index contributed by atoms with van der Waals surface area (Å²) in [6.45, 7) is 2.25. The molecule has 0 heterocycles. The van der Waals surface area contributed by atoms with Crippen LogP contribution in [0, 0.1) is 6.42 Å². The largest absolute Gasteiger partial charge is 0.307 e. The Bertz CT molecular complexity index is 275. The quantitative estimate of drug-likeness (QED) is 0.791. The minimum absolute atomic E-state index is 0.463. The molecule has 0 amide bonds. The van der Waals surface area contributed by atoms with Gasteiger partial charge in [-0.1, -0.05) is 43.2 Å². The Morgan fingerprint density at radius 1 is 1.20 bits per heavy atom. The van der Waals surface area contributed by atoms with Gasteiger partial charge in [0.15, 0.2) is 0 Å². The van der Waals surface area contributed by atoms with Gasteiger partial charge in [0.2, 0.25) is 0 Å². The third kappa shape index (κ3) is 3.07. The zero-order chi connectivity index (χ0) is 10.5. The fourth-order valence-electron chi connectivity index (χ4n) is 2.26. The van der Waals surface area contributed by atoms with Gasteiger partial charge in [0.1, 0.15) is 0 Å². The standard InChI is InChI=1S/C14H20N/c1-12(13-8-4-2-5-9-13)15-14-10-6-3-7-11-14/h2,4-5,8-10,12,14-15H,3,6-7,11H2,1H3/t12-,14?/m0/s1. The van der Waals surface area contributed by atoms with E-state index in [9.17, 15) is 0 Å². The molecule has 1 aliphatic carbocycles.